The highest BCUT2D eigenvalue weighted by atomic mass is 35.5. The van der Waals surface area contributed by atoms with Crippen molar-refractivity contribution in [2.75, 3.05) is 13.7 Å². The number of ether oxygens (including phenoxy) is 1. The molecule has 38 heavy (non-hydrogen) atoms. The van der Waals surface area contributed by atoms with Crippen LogP contribution in [-0.2, 0) is 13.5 Å². The third-order valence-electron chi connectivity index (χ3n) is 6.24. The third-order valence-corrected chi connectivity index (χ3v) is 7.62. The van der Waals surface area contributed by atoms with Crippen molar-refractivity contribution in [2.24, 2.45) is 7.05 Å². The minimum absolute atomic E-state index is 0.0858. The molecule has 0 fully saturated rings. The summed E-state index contributed by atoms with van der Waals surface area (Å²) < 4.78 is 21.0. The van der Waals surface area contributed by atoms with Gasteiger partial charge in [-0.05, 0) is 42.3 Å². The van der Waals surface area contributed by atoms with E-state index < -0.39 is 29.6 Å². The average Bonchev–Trinajstić information content (AvgIpc) is 3.54. The third kappa shape index (κ3) is 4.80. The second kappa shape index (κ2) is 10.4. The van der Waals surface area contributed by atoms with Crippen molar-refractivity contribution in [3.63, 3.8) is 0 Å². The number of aromatic nitrogens is 2. The Morgan fingerprint density at radius 3 is 2.42 bits per heavy atom. The number of carbonyl (C=O) groups is 3. The van der Waals surface area contributed by atoms with Crippen LogP contribution < -0.4 is 10.1 Å². The summed E-state index contributed by atoms with van der Waals surface area (Å²) in [5, 5.41) is 7.96. The Hall–Kier alpha value is -4.02. The Kier molecular flexibility index (Phi) is 7.00. The maximum Gasteiger partial charge on any atom is 0.261 e. The number of methoxy groups -OCH3 is 1. The number of amides is 3. The molecule has 1 unspecified atom stereocenters. The van der Waals surface area contributed by atoms with E-state index in [9.17, 15) is 18.8 Å². The molecule has 3 heterocycles. The molecular weight excluding hydrogens is 531 g/mol. The maximum absolute atomic E-state index is 13.9. The fourth-order valence-corrected chi connectivity index (χ4v) is 5.65. The second-order valence-corrected chi connectivity index (χ2v) is 10.2. The molecule has 0 spiro atoms. The Morgan fingerprint density at radius 1 is 1.11 bits per heavy atom. The lowest BCUT2D eigenvalue weighted by atomic mass is 10.0. The number of fused-ring (bicyclic) bond motifs is 1. The molecule has 1 aliphatic heterocycles. The van der Waals surface area contributed by atoms with Gasteiger partial charge in [-0.3, -0.25) is 24.0 Å². The summed E-state index contributed by atoms with van der Waals surface area (Å²) in [6.45, 7) is -0.0858. The largest absolute Gasteiger partial charge is 0.487 e. The molecule has 11 heteroatoms. The monoisotopic (exact) mass is 552 g/mol. The number of carbonyl (C=O) groups excluding carboxylic acids is 3. The van der Waals surface area contributed by atoms with Crippen LogP contribution in [0.4, 0.5) is 4.39 Å². The van der Waals surface area contributed by atoms with Gasteiger partial charge < -0.3 is 10.1 Å². The van der Waals surface area contributed by atoms with Crippen LogP contribution in [-0.4, -0.2) is 52.1 Å². The van der Waals surface area contributed by atoms with Crippen LogP contribution in [0.2, 0.25) is 5.02 Å². The quantitative estimate of drug-likeness (QED) is 0.323. The van der Waals surface area contributed by atoms with Gasteiger partial charge in [0, 0.05) is 13.6 Å². The number of thiophene rings is 1. The molecule has 1 N–H and O–H groups in total. The highest BCUT2D eigenvalue weighted by Crippen LogP contribution is 2.40. The van der Waals surface area contributed by atoms with Crippen molar-refractivity contribution >= 4 is 40.7 Å². The Morgan fingerprint density at radius 2 is 1.82 bits per heavy atom. The summed E-state index contributed by atoms with van der Waals surface area (Å²) >= 11 is 7.44. The zero-order valence-electron chi connectivity index (χ0n) is 20.4. The van der Waals surface area contributed by atoms with Gasteiger partial charge in [-0.1, -0.05) is 47.2 Å². The van der Waals surface area contributed by atoms with E-state index in [0.29, 0.717) is 42.9 Å². The number of benzene rings is 2. The molecule has 8 nitrogen and oxygen atoms in total. The van der Waals surface area contributed by atoms with Crippen molar-refractivity contribution in [3.05, 3.63) is 93.2 Å². The van der Waals surface area contributed by atoms with Gasteiger partial charge in [0.1, 0.15) is 5.82 Å². The Balaban J connectivity index is 1.43. The lowest BCUT2D eigenvalue weighted by Crippen LogP contribution is -2.46. The summed E-state index contributed by atoms with van der Waals surface area (Å²) in [6.07, 6.45) is 1.70. The Bertz CT molecular complexity index is 1510. The van der Waals surface area contributed by atoms with E-state index in [1.54, 1.807) is 54.2 Å². The molecule has 0 saturated heterocycles. The van der Waals surface area contributed by atoms with Crippen LogP contribution in [0.25, 0.3) is 11.3 Å². The smallest absolute Gasteiger partial charge is 0.261 e. The minimum atomic E-state index is -0.691. The average molecular weight is 553 g/mol. The highest BCUT2D eigenvalue weighted by molar-refractivity contribution is 7.16. The Labute approximate surface area is 226 Å². The van der Waals surface area contributed by atoms with Crippen molar-refractivity contribution in [2.45, 2.75) is 12.5 Å². The van der Waals surface area contributed by atoms with Gasteiger partial charge in [0.15, 0.2) is 5.06 Å². The zero-order chi connectivity index (χ0) is 27.0. The van der Waals surface area contributed by atoms with Crippen LogP contribution in [0.1, 0.15) is 36.0 Å². The highest BCUT2D eigenvalue weighted by Gasteiger charge is 2.37. The van der Waals surface area contributed by atoms with E-state index in [1.165, 1.54) is 25.4 Å². The molecule has 3 amide bonds. The molecule has 0 saturated carbocycles. The number of hydrogen-bond acceptors (Lipinski definition) is 6. The molecule has 2 aromatic heterocycles. The van der Waals surface area contributed by atoms with Gasteiger partial charge in [0.05, 0.1) is 51.6 Å². The summed E-state index contributed by atoms with van der Waals surface area (Å²) in [5.74, 6) is -1.73. The van der Waals surface area contributed by atoms with Gasteiger partial charge in [-0.25, -0.2) is 4.39 Å². The van der Waals surface area contributed by atoms with Gasteiger partial charge in [0.25, 0.3) is 17.7 Å². The number of imide groups is 1. The normalized spacial score (nSPS) is 13.5. The first-order valence-corrected chi connectivity index (χ1v) is 12.8. The number of rotatable bonds is 8. The van der Waals surface area contributed by atoms with Crippen LogP contribution >= 0.6 is 22.9 Å². The van der Waals surface area contributed by atoms with Crippen LogP contribution in [0.5, 0.6) is 5.06 Å². The first kappa shape index (κ1) is 25.6. The van der Waals surface area contributed by atoms with Gasteiger partial charge >= 0.3 is 0 Å². The SMILES string of the molecule is COc1sc(C(=O)NC(Cc2cccc(F)c2)CN2C(=O)c3ccccc3C2=O)cc1-c1c(Cl)cnn1C. The summed E-state index contributed by atoms with van der Waals surface area (Å²) in [4.78, 5) is 40.8. The van der Waals surface area contributed by atoms with E-state index in [4.69, 9.17) is 16.3 Å². The fourth-order valence-electron chi connectivity index (χ4n) is 4.51. The number of hydrogen-bond donors (Lipinski definition) is 1. The van der Waals surface area contributed by atoms with Crippen LogP contribution in [0, 0.1) is 5.82 Å². The summed E-state index contributed by atoms with van der Waals surface area (Å²) in [6, 6.07) is 13.5. The fraction of sp³-hybridized carbons (Fsp3) is 0.185. The lowest BCUT2D eigenvalue weighted by molar-refractivity contribution is 0.0629. The number of aryl methyl sites for hydroxylation is 1. The predicted molar refractivity (Wildman–Crippen MR) is 141 cm³/mol. The summed E-state index contributed by atoms with van der Waals surface area (Å²) in [5.41, 5.74) is 2.44. The van der Waals surface area contributed by atoms with Crippen molar-refractivity contribution in [1.29, 1.82) is 0 Å². The number of halogens is 2. The van der Waals surface area contributed by atoms with Crippen LogP contribution in [0.3, 0.4) is 0 Å². The van der Waals surface area contributed by atoms with Crippen molar-refractivity contribution in [3.8, 4) is 16.3 Å². The maximum atomic E-state index is 13.9. The van der Waals surface area contributed by atoms with Crippen LogP contribution in [0.15, 0.2) is 60.8 Å². The molecule has 4 aromatic rings. The van der Waals surface area contributed by atoms with Crippen molar-refractivity contribution in [1.82, 2.24) is 20.0 Å². The molecule has 2 aromatic carbocycles. The molecule has 0 aliphatic carbocycles. The molecular formula is C27H22ClFN4O4S. The first-order valence-electron chi connectivity index (χ1n) is 11.6. The topological polar surface area (TPSA) is 93.5 Å². The van der Waals surface area contributed by atoms with Crippen molar-refractivity contribution < 1.29 is 23.5 Å². The second-order valence-electron chi connectivity index (χ2n) is 8.75. The lowest BCUT2D eigenvalue weighted by Gasteiger charge is -2.24. The van der Waals surface area contributed by atoms with E-state index in [-0.39, 0.29) is 13.0 Å². The van der Waals surface area contributed by atoms with E-state index in [1.807, 2.05) is 0 Å². The molecule has 5 rings (SSSR count). The zero-order valence-corrected chi connectivity index (χ0v) is 22.0. The molecule has 0 radical (unpaired) electrons. The van der Waals surface area contributed by atoms with Gasteiger partial charge in [-0.2, -0.15) is 5.10 Å². The minimum Gasteiger partial charge on any atom is -0.487 e. The van der Waals surface area contributed by atoms with E-state index >= 15 is 0 Å². The number of nitrogens with one attached hydrogen (secondary N) is 1. The molecule has 194 valence electrons. The van der Waals surface area contributed by atoms with E-state index in [2.05, 4.69) is 10.4 Å². The first-order chi connectivity index (χ1) is 18.3. The molecule has 1 atom stereocenters. The summed E-state index contributed by atoms with van der Waals surface area (Å²) in [7, 11) is 3.23. The van der Waals surface area contributed by atoms with Gasteiger partial charge in [0.2, 0.25) is 0 Å². The van der Waals surface area contributed by atoms with E-state index in [0.717, 1.165) is 16.2 Å². The standard InChI is InChI=1S/C27H22ClFN4O4S/c1-32-23(21(28)13-30-32)20-12-22(38-27(20)37-2)24(34)31-17(11-15-6-5-7-16(29)10-15)14-33-25(35)18-8-3-4-9-19(18)26(33)36/h3-10,12-13,17H,11,14H2,1-2H3,(H,31,34). The number of nitrogens with zero attached hydrogens (tertiary/aromatic N) is 3. The molecule has 0 bridgehead atoms. The predicted octanol–water partition coefficient (Wildman–Crippen LogP) is 4.59. The molecule has 1 aliphatic rings. The van der Waals surface area contributed by atoms with Gasteiger partial charge in [-0.15, -0.1) is 0 Å².